The van der Waals surface area contributed by atoms with Crippen molar-refractivity contribution in [3.8, 4) is 5.88 Å². The van der Waals surface area contributed by atoms with Gasteiger partial charge in [-0.3, -0.25) is 0 Å². The van der Waals surface area contributed by atoms with Crippen LogP contribution in [0.25, 0.3) is 23.2 Å². The second kappa shape index (κ2) is 8.49. The maximum atomic E-state index is 5.48. The maximum Gasteiger partial charge on any atom is 0.284 e. The zero-order valence-corrected chi connectivity index (χ0v) is 15.2. The lowest BCUT2D eigenvalue weighted by Gasteiger charge is -2.07. The fourth-order valence-electron chi connectivity index (χ4n) is 2.47. The zero-order chi connectivity index (χ0) is 18.3. The molecule has 0 unspecified atom stereocenters. The highest BCUT2D eigenvalue weighted by molar-refractivity contribution is 7.94. The van der Waals surface area contributed by atoms with Gasteiger partial charge in [0.25, 0.3) is 5.88 Å². The molecule has 132 valence electrons. The second-order valence-corrected chi connectivity index (χ2v) is 6.47. The van der Waals surface area contributed by atoms with Crippen molar-refractivity contribution in [2.45, 2.75) is 4.90 Å². The summed E-state index contributed by atoms with van der Waals surface area (Å²) in [7, 11) is 0. The molecule has 4 aromatic rings. The minimum absolute atomic E-state index is 0.323. The first-order valence-electron chi connectivity index (χ1n) is 8.45. The van der Waals surface area contributed by atoms with Gasteiger partial charge in [-0.2, -0.15) is 0 Å². The van der Waals surface area contributed by atoms with Crippen LogP contribution in [0, 0.1) is 0 Å². The summed E-state index contributed by atoms with van der Waals surface area (Å²) in [4.78, 5) is 15.6. The number of hydrogen-bond acceptors (Lipinski definition) is 5. The number of para-hydroxylation sites is 2. The molecule has 0 N–H and O–H groups in total. The van der Waals surface area contributed by atoms with Gasteiger partial charge in [0.05, 0.1) is 23.1 Å². The van der Waals surface area contributed by atoms with Gasteiger partial charge in [0, 0.05) is 4.90 Å². The number of aromatic nitrogens is 2. The molecule has 0 fully saturated rings. The van der Waals surface area contributed by atoms with Crippen molar-refractivity contribution in [1.29, 1.82) is 0 Å². The van der Waals surface area contributed by atoms with Crippen LogP contribution in [0.4, 0.5) is 0 Å². The Bertz CT molecular complexity index is 1050. The highest BCUT2D eigenvalue weighted by Gasteiger charge is 2.10. The highest BCUT2D eigenvalue weighted by Crippen LogP contribution is 2.25. The average Bonchev–Trinajstić information content (AvgIpc) is 2.73. The van der Waals surface area contributed by atoms with E-state index < -0.39 is 0 Å². The SMILES string of the molecule is C(=C\c1nc2ccccc2nc1OOSc1ccccc1)/c1ccccc1. The molecule has 0 bridgehead atoms. The zero-order valence-electron chi connectivity index (χ0n) is 14.4. The molecule has 0 radical (unpaired) electrons. The van der Waals surface area contributed by atoms with Crippen LogP contribution >= 0.6 is 12.0 Å². The number of hydrogen-bond donors (Lipinski definition) is 0. The van der Waals surface area contributed by atoms with E-state index in [1.165, 1.54) is 0 Å². The van der Waals surface area contributed by atoms with Crippen LogP contribution in [0.15, 0.2) is 89.8 Å². The predicted molar refractivity (Wildman–Crippen MR) is 109 cm³/mol. The Balaban J connectivity index is 1.59. The van der Waals surface area contributed by atoms with Gasteiger partial charge < -0.3 is 4.89 Å². The van der Waals surface area contributed by atoms with Crippen LogP contribution in [0.3, 0.4) is 0 Å². The van der Waals surface area contributed by atoms with Crippen LogP contribution in [-0.2, 0) is 4.33 Å². The monoisotopic (exact) mass is 372 g/mol. The van der Waals surface area contributed by atoms with Gasteiger partial charge in [-0.1, -0.05) is 66.7 Å². The fraction of sp³-hybridized carbons (Fsp3) is 0. The van der Waals surface area contributed by atoms with Crippen LogP contribution < -0.4 is 4.89 Å². The molecule has 4 rings (SSSR count). The maximum absolute atomic E-state index is 5.48. The lowest BCUT2D eigenvalue weighted by molar-refractivity contribution is -0.0826. The van der Waals surface area contributed by atoms with Gasteiger partial charge in [-0.05, 0) is 35.9 Å². The summed E-state index contributed by atoms with van der Waals surface area (Å²) in [6.45, 7) is 0. The van der Waals surface area contributed by atoms with E-state index in [0.717, 1.165) is 33.5 Å². The minimum atomic E-state index is 0.323. The third kappa shape index (κ3) is 4.53. The van der Waals surface area contributed by atoms with E-state index in [0.29, 0.717) is 11.6 Å². The van der Waals surface area contributed by atoms with Crippen molar-refractivity contribution in [1.82, 2.24) is 9.97 Å². The molecule has 0 aliphatic rings. The Morgan fingerprint density at radius 2 is 1.30 bits per heavy atom. The van der Waals surface area contributed by atoms with E-state index >= 15 is 0 Å². The number of nitrogens with zero attached hydrogens (tertiary/aromatic N) is 2. The van der Waals surface area contributed by atoms with E-state index in [1.54, 1.807) is 0 Å². The van der Waals surface area contributed by atoms with Crippen molar-refractivity contribution in [3.63, 3.8) is 0 Å². The van der Waals surface area contributed by atoms with Crippen LogP contribution in [0.5, 0.6) is 5.88 Å². The van der Waals surface area contributed by atoms with E-state index in [4.69, 9.17) is 9.22 Å². The Hall–Kier alpha value is -3.15. The van der Waals surface area contributed by atoms with Gasteiger partial charge >= 0.3 is 0 Å². The molecule has 4 nitrogen and oxygen atoms in total. The molecule has 3 aromatic carbocycles. The van der Waals surface area contributed by atoms with Crippen molar-refractivity contribution in [3.05, 3.63) is 96.2 Å². The molecular formula is C22H16N2O2S. The lowest BCUT2D eigenvalue weighted by atomic mass is 10.2. The highest BCUT2D eigenvalue weighted by atomic mass is 32.2. The third-order valence-electron chi connectivity index (χ3n) is 3.78. The first kappa shape index (κ1) is 17.3. The van der Waals surface area contributed by atoms with Crippen molar-refractivity contribution < 1.29 is 9.22 Å². The molecule has 0 saturated heterocycles. The number of rotatable bonds is 6. The third-order valence-corrected chi connectivity index (χ3v) is 4.38. The van der Waals surface area contributed by atoms with E-state index in [9.17, 15) is 0 Å². The predicted octanol–water partition coefficient (Wildman–Crippen LogP) is 5.82. The topological polar surface area (TPSA) is 44.2 Å². The molecule has 5 heteroatoms. The first-order valence-corrected chi connectivity index (χ1v) is 9.19. The quantitative estimate of drug-likeness (QED) is 0.242. The van der Waals surface area contributed by atoms with Gasteiger partial charge in [0.15, 0.2) is 0 Å². The molecule has 0 atom stereocenters. The molecular weight excluding hydrogens is 356 g/mol. The van der Waals surface area contributed by atoms with Crippen molar-refractivity contribution in [2.24, 2.45) is 0 Å². The standard InChI is InChI=1S/C22H16N2O2S/c1-3-9-17(10-4-1)15-16-21-22(24-20-14-8-7-13-19(20)23-21)25-26-27-18-11-5-2-6-12-18/h1-16H/b16-15+. The Morgan fingerprint density at radius 1 is 0.667 bits per heavy atom. The largest absolute Gasteiger partial charge is 0.302 e. The molecule has 0 amide bonds. The molecule has 1 heterocycles. The Morgan fingerprint density at radius 3 is 2.04 bits per heavy atom. The summed E-state index contributed by atoms with van der Waals surface area (Å²) in [5, 5.41) is 0. The summed E-state index contributed by atoms with van der Waals surface area (Å²) in [5.41, 5.74) is 3.22. The molecule has 1 aromatic heterocycles. The van der Waals surface area contributed by atoms with Crippen molar-refractivity contribution in [2.75, 3.05) is 0 Å². The van der Waals surface area contributed by atoms with Crippen molar-refractivity contribution >= 4 is 35.2 Å². The molecule has 27 heavy (non-hydrogen) atoms. The molecule has 0 aliphatic heterocycles. The summed E-state index contributed by atoms with van der Waals surface area (Å²) >= 11 is 1.13. The van der Waals surface area contributed by atoms with Crippen LogP contribution in [0.1, 0.15) is 11.3 Å². The number of benzene rings is 3. The first-order chi connectivity index (χ1) is 13.4. The summed E-state index contributed by atoms with van der Waals surface area (Å²) in [6.07, 6.45) is 3.84. The van der Waals surface area contributed by atoms with E-state index in [1.807, 2.05) is 97.1 Å². The van der Waals surface area contributed by atoms with Gasteiger partial charge in [-0.15, -0.1) is 4.33 Å². The smallest absolute Gasteiger partial charge is 0.284 e. The van der Waals surface area contributed by atoms with Gasteiger partial charge in [-0.25, -0.2) is 9.97 Å². The molecule has 0 saturated carbocycles. The molecule has 0 spiro atoms. The Kier molecular flexibility index (Phi) is 5.43. The number of fused-ring (bicyclic) bond motifs is 1. The summed E-state index contributed by atoms with van der Waals surface area (Å²) in [5.74, 6) is 0.323. The summed E-state index contributed by atoms with van der Waals surface area (Å²) in [6, 6.07) is 27.4. The lowest BCUT2D eigenvalue weighted by Crippen LogP contribution is -1.98. The summed E-state index contributed by atoms with van der Waals surface area (Å²) < 4.78 is 5.33. The normalized spacial score (nSPS) is 11.1. The second-order valence-electron chi connectivity index (χ2n) is 5.69. The fourth-order valence-corrected chi connectivity index (χ4v) is 2.92. The van der Waals surface area contributed by atoms with Crippen LogP contribution in [-0.4, -0.2) is 9.97 Å². The van der Waals surface area contributed by atoms with Gasteiger partial charge in [0.2, 0.25) is 0 Å². The minimum Gasteiger partial charge on any atom is -0.302 e. The molecule has 0 aliphatic carbocycles. The van der Waals surface area contributed by atoms with E-state index in [-0.39, 0.29) is 0 Å². The van der Waals surface area contributed by atoms with Crippen LogP contribution in [0.2, 0.25) is 0 Å². The van der Waals surface area contributed by atoms with Gasteiger partial charge in [0.1, 0.15) is 5.69 Å². The van der Waals surface area contributed by atoms with E-state index in [2.05, 4.69) is 9.97 Å². The Labute approximate surface area is 161 Å². The average molecular weight is 372 g/mol.